The van der Waals surface area contributed by atoms with E-state index in [-0.39, 0.29) is 10.2 Å². The van der Waals surface area contributed by atoms with E-state index in [4.69, 9.17) is 17.3 Å². The number of hydrogen-bond acceptors (Lipinski definition) is 4. The lowest BCUT2D eigenvalue weighted by atomic mass is 10.1. The van der Waals surface area contributed by atoms with Crippen LogP contribution in [0.4, 0.5) is 0 Å². The van der Waals surface area contributed by atoms with Crippen molar-refractivity contribution >= 4 is 46.3 Å². The number of carboxylic acids is 1. The van der Waals surface area contributed by atoms with Gasteiger partial charge in [0.25, 0.3) is 5.91 Å². The average Bonchev–Trinajstić information content (AvgIpc) is 3.05. The molecule has 1 N–H and O–H groups in total. The van der Waals surface area contributed by atoms with Crippen molar-refractivity contribution in [2.45, 2.75) is 27.2 Å². The second-order valence-corrected chi connectivity index (χ2v) is 8.02. The van der Waals surface area contributed by atoms with Crippen molar-refractivity contribution in [2.24, 2.45) is 0 Å². The SMILES string of the molecule is CCc1ccc(-n2c(C)cc(/C=C3\SC(=S)N(CC(=O)O)C3=O)c2C)cc1. The van der Waals surface area contributed by atoms with E-state index in [0.29, 0.717) is 4.91 Å². The van der Waals surface area contributed by atoms with E-state index < -0.39 is 12.5 Å². The van der Waals surface area contributed by atoms with Gasteiger partial charge in [0.1, 0.15) is 10.9 Å². The molecule has 27 heavy (non-hydrogen) atoms. The van der Waals surface area contributed by atoms with Crippen LogP contribution in [0.3, 0.4) is 0 Å². The van der Waals surface area contributed by atoms with Crippen molar-refractivity contribution in [3.63, 3.8) is 0 Å². The summed E-state index contributed by atoms with van der Waals surface area (Å²) in [6.07, 6.45) is 2.79. The van der Waals surface area contributed by atoms with Crippen LogP contribution in [0.15, 0.2) is 35.2 Å². The number of hydrogen-bond donors (Lipinski definition) is 1. The van der Waals surface area contributed by atoms with Gasteiger partial charge in [0, 0.05) is 17.1 Å². The summed E-state index contributed by atoms with van der Waals surface area (Å²) in [4.78, 5) is 25.0. The summed E-state index contributed by atoms with van der Waals surface area (Å²) in [5, 5.41) is 8.95. The van der Waals surface area contributed by atoms with Crippen LogP contribution in [0, 0.1) is 13.8 Å². The van der Waals surface area contributed by atoms with E-state index in [1.807, 2.05) is 19.9 Å². The van der Waals surface area contributed by atoms with Gasteiger partial charge in [0.05, 0.1) is 4.91 Å². The monoisotopic (exact) mass is 400 g/mol. The lowest BCUT2D eigenvalue weighted by molar-refractivity contribution is -0.140. The Morgan fingerprint density at radius 3 is 2.52 bits per heavy atom. The Bertz CT molecular complexity index is 958. The Kier molecular flexibility index (Phi) is 5.53. The molecule has 2 heterocycles. The number of thiocarbonyl (C=S) groups is 1. The number of thioether (sulfide) groups is 1. The molecule has 3 rings (SSSR count). The summed E-state index contributed by atoms with van der Waals surface area (Å²) >= 11 is 6.29. The van der Waals surface area contributed by atoms with E-state index in [1.165, 1.54) is 5.56 Å². The first-order valence-electron chi connectivity index (χ1n) is 8.57. The molecule has 1 aromatic heterocycles. The van der Waals surface area contributed by atoms with E-state index in [9.17, 15) is 9.59 Å². The quantitative estimate of drug-likeness (QED) is 0.608. The van der Waals surface area contributed by atoms with Gasteiger partial charge in [-0.2, -0.15) is 0 Å². The van der Waals surface area contributed by atoms with Crippen molar-refractivity contribution in [2.75, 3.05) is 6.54 Å². The van der Waals surface area contributed by atoms with Gasteiger partial charge in [-0.05, 0) is 55.7 Å². The summed E-state index contributed by atoms with van der Waals surface area (Å²) in [6, 6.07) is 10.4. The van der Waals surface area contributed by atoms with Crippen LogP contribution in [0.2, 0.25) is 0 Å². The molecule has 0 saturated carbocycles. The number of nitrogens with zero attached hydrogens (tertiary/aromatic N) is 2. The molecule has 1 fully saturated rings. The van der Waals surface area contributed by atoms with E-state index >= 15 is 0 Å². The molecular weight excluding hydrogens is 380 g/mol. The Morgan fingerprint density at radius 2 is 1.93 bits per heavy atom. The minimum atomic E-state index is -1.08. The summed E-state index contributed by atoms with van der Waals surface area (Å²) < 4.78 is 2.42. The third-order valence-electron chi connectivity index (χ3n) is 4.53. The zero-order valence-electron chi connectivity index (χ0n) is 15.4. The molecule has 1 aromatic carbocycles. The Morgan fingerprint density at radius 1 is 1.26 bits per heavy atom. The highest BCUT2D eigenvalue weighted by Gasteiger charge is 2.33. The van der Waals surface area contributed by atoms with Crippen molar-refractivity contribution in [1.29, 1.82) is 0 Å². The molecule has 2 aromatic rings. The number of amides is 1. The number of aromatic nitrogens is 1. The van der Waals surface area contributed by atoms with Crippen LogP contribution >= 0.6 is 24.0 Å². The number of aliphatic carboxylic acids is 1. The summed E-state index contributed by atoms with van der Waals surface area (Å²) in [7, 11) is 0. The van der Waals surface area contributed by atoms with Crippen LogP contribution in [-0.4, -0.2) is 37.3 Å². The van der Waals surface area contributed by atoms with E-state index in [0.717, 1.165) is 45.7 Å². The summed E-state index contributed by atoms with van der Waals surface area (Å²) in [6.45, 7) is 5.74. The largest absolute Gasteiger partial charge is 0.480 e. The van der Waals surface area contributed by atoms with Crippen molar-refractivity contribution in [1.82, 2.24) is 9.47 Å². The summed E-state index contributed by atoms with van der Waals surface area (Å²) in [5.74, 6) is -1.44. The fourth-order valence-electron chi connectivity index (χ4n) is 3.12. The van der Waals surface area contributed by atoms with Crippen molar-refractivity contribution in [3.8, 4) is 5.69 Å². The Hall–Kier alpha value is -2.38. The van der Waals surface area contributed by atoms with Gasteiger partial charge in [0.15, 0.2) is 0 Å². The topological polar surface area (TPSA) is 62.5 Å². The molecule has 1 aliphatic rings. The van der Waals surface area contributed by atoms with Crippen LogP contribution in [0.1, 0.15) is 29.4 Å². The first kappa shape index (κ1) is 19.4. The van der Waals surface area contributed by atoms with Crippen molar-refractivity contribution < 1.29 is 14.7 Å². The maximum Gasteiger partial charge on any atom is 0.323 e. The lowest BCUT2D eigenvalue weighted by Crippen LogP contribution is -2.33. The van der Waals surface area contributed by atoms with Gasteiger partial charge < -0.3 is 9.67 Å². The molecule has 0 atom stereocenters. The predicted octanol–water partition coefficient (Wildman–Crippen LogP) is 3.94. The summed E-state index contributed by atoms with van der Waals surface area (Å²) in [5.41, 5.74) is 5.34. The van der Waals surface area contributed by atoms with Crippen LogP contribution in [-0.2, 0) is 16.0 Å². The van der Waals surface area contributed by atoms with Gasteiger partial charge in [-0.15, -0.1) is 0 Å². The molecule has 140 valence electrons. The highest BCUT2D eigenvalue weighted by atomic mass is 32.2. The number of carbonyl (C=O) groups is 2. The average molecular weight is 401 g/mol. The fourth-order valence-corrected chi connectivity index (χ4v) is 4.37. The number of rotatable bonds is 5. The molecule has 1 saturated heterocycles. The fraction of sp³-hybridized carbons (Fsp3) is 0.250. The second-order valence-electron chi connectivity index (χ2n) is 6.34. The molecule has 0 unspecified atom stereocenters. The smallest absolute Gasteiger partial charge is 0.323 e. The Labute approximate surface area is 167 Å². The maximum atomic E-state index is 12.5. The first-order chi connectivity index (χ1) is 12.8. The molecule has 5 nitrogen and oxygen atoms in total. The zero-order chi connectivity index (χ0) is 19.7. The highest BCUT2D eigenvalue weighted by molar-refractivity contribution is 8.26. The number of carbonyl (C=O) groups excluding carboxylic acids is 1. The third-order valence-corrected chi connectivity index (χ3v) is 5.90. The third kappa shape index (κ3) is 3.84. The number of benzene rings is 1. The van der Waals surface area contributed by atoms with E-state index in [2.05, 4.69) is 35.8 Å². The molecule has 1 aliphatic heterocycles. The molecule has 0 radical (unpaired) electrons. The molecule has 7 heteroatoms. The van der Waals surface area contributed by atoms with Gasteiger partial charge in [-0.1, -0.05) is 43.0 Å². The minimum absolute atomic E-state index is 0.276. The minimum Gasteiger partial charge on any atom is -0.480 e. The van der Waals surface area contributed by atoms with Gasteiger partial charge >= 0.3 is 5.97 Å². The molecule has 1 amide bonds. The van der Waals surface area contributed by atoms with Gasteiger partial charge in [0.2, 0.25) is 0 Å². The lowest BCUT2D eigenvalue weighted by Gasteiger charge is -2.10. The van der Waals surface area contributed by atoms with Gasteiger partial charge in [-0.3, -0.25) is 14.5 Å². The normalized spacial score (nSPS) is 15.8. The number of aryl methyl sites for hydroxylation is 2. The zero-order valence-corrected chi connectivity index (χ0v) is 17.0. The predicted molar refractivity (Wildman–Crippen MR) is 112 cm³/mol. The maximum absolute atomic E-state index is 12.5. The van der Waals surface area contributed by atoms with Crippen LogP contribution in [0.25, 0.3) is 11.8 Å². The van der Waals surface area contributed by atoms with Crippen LogP contribution in [0.5, 0.6) is 0 Å². The highest BCUT2D eigenvalue weighted by Crippen LogP contribution is 2.33. The molecule has 0 spiro atoms. The molecule has 0 aliphatic carbocycles. The first-order valence-corrected chi connectivity index (χ1v) is 9.79. The Balaban J connectivity index is 1.95. The standard InChI is InChI=1S/C20H20N2O3S2/c1-4-14-5-7-16(8-6-14)22-12(2)9-15(13(22)3)10-17-19(25)21(11-18(23)24)20(26)27-17/h5-10H,4,11H2,1-3H3,(H,23,24)/b17-10-. The second kappa shape index (κ2) is 7.70. The van der Waals surface area contributed by atoms with Gasteiger partial charge in [-0.25, -0.2) is 0 Å². The van der Waals surface area contributed by atoms with E-state index in [1.54, 1.807) is 6.08 Å². The molecule has 0 bridgehead atoms. The van der Waals surface area contributed by atoms with Crippen LogP contribution < -0.4 is 0 Å². The number of carboxylic acid groups (broad SMARTS) is 1. The molecular formula is C20H20N2O3S2. The van der Waals surface area contributed by atoms with Crippen molar-refractivity contribution in [3.05, 3.63) is 57.8 Å².